The second-order valence-corrected chi connectivity index (χ2v) is 4.52. The molecule has 0 aliphatic carbocycles. The standard InChI is InChI=1S/C14H17NO/c1-9-7-10(2)15-14-6-4-5-12(11(3)16)13(14)8-9/h4-6,9,15-16H,2-3,7-8H2,1H3. The smallest absolute Gasteiger partial charge is 0.115 e. The van der Waals surface area contributed by atoms with Crippen molar-refractivity contribution in [2.75, 3.05) is 5.32 Å². The molecule has 2 heteroatoms. The third kappa shape index (κ3) is 1.96. The van der Waals surface area contributed by atoms with Crippen molar-refractivity contribution in [3.63, 3.8) is 0 Å². The quantitative estimate of drug-likeness (QED) is 0.700. The Bertz CT molecular complexity index is 448. The molecule has 0 radical (unpaired) electrons. The zero-order valence-electron chi connectivity index (χ0n) is 9.59. The number of nitrogens with one attached hydrogen (secondary N) is 1. The average Bonchev–Trinajstić information content (AvgIpc) is 2.33. The number of fused-ring (bicyclic) bond motifs is 1. The van der Waals surface area contributed by atoms with Crippen molar-refractivity contribution in [2.24, 2.45) is 5.92 Å². The monoisotopic (exact) mass is 215 g/mol. The Morgan fingerprint density at radius 3 is 2.88 bits per heavy atom. The minimum Gasteiger partial charge on any atom is -0.508 e. The number of hydrogen-bond acceptors (Lipinski definition) is 2. The van der Waals surface area contributed by atoms with E-state index in [4.69, 9.17) is 0 Å². The van der Waals surface area contributed by atoms with Gasteiger partial charge in [-0.25, -0.2) is 0 Å². The predicted octanol–water partition coefficient (Wildman–Crippen LogP) is 3.72. The van der Waals surface area contributed by atoms with E-state index in [-0.39, 0.29) is 5.76 Å². The first kappa shape index (κ1) is 10.8. The van der Waals surface area contributed by atoms with Gasteiger partial charge in [-0.2, -0.15) is 0 Å². The maximum atomic E-state index is 9.58. The fourth-order valence-electron chi connectivity index (χ4n) is 2.28. The number of anilines is 1. The van der Waals surface area contributed by atoms with Crippen molar-refractivity contribution in [3.05, 3.63) is 48.2 Å². The molecule has 0 saturated carbocycles. The molecule has 0 amide bonds. The van der Waals surface area contributed by atoms with E-state index in [9.17, 15) is 5.11 Å². The molecular weight excluding hydrogens is 198 g/mol. The van der Waals surface area contributed by atoms with Crippen LogP contribution in [0.15, 0.2) is 37.1 Å². The molecule has 0 spiro atoms. The van der Waals surface area contributed by atoms with Crippen LogP contribution in [0.5, 0.6) is 0 Å². The summed E-state index contributed by atoms with van der Waals surface area (Å²) >= 11 is 0. The lowest BCUT2D eigenvalue weighted by atomic mass is 9.94. The summed E-state index contributed by atoms with van der Waals surface area (Å²) in [6.45, 7) is 9.81. The fourth-order valence-corrected chi connectivity index (χ4v) is 2.28. The van der Waals surface area contributed by atoms with Crippen molar-refractivity contribution in [1.29, 1.82) is 0 Å². The van der Waals surface area contributed by atoms with Crippen LogP contribution in [0.4, 0.5) is 5.69 Å². The molecule has 1 aliphatic rings. The van der Waals surface area contributed by atoms with Gasteiger partial charge in [-0.3, -0.25) is 0 Å². The van der Waals surface area contributed by atoms with E-state index in [1.54, 1.807) is 0 Å². The molecular formula is C14H17NO. The molecule has 0 fully saturated rings. The van der Waals surface area contributed by atoms with Crippen molar-refractivity contribution < 1.29 is 5.11 Å². The molecule has 2 nitrogen and oxygen atoms in total. The third-order valence-corrected chi connectivity index (χ3v) is 2.95. The first-order chi connectivity index (χ1) is 7.58. The van der Waals surface area contributed by atoms with E-state index in [2.05, 4.69) is 25.4 Å². The van der Waals surface area contributed by atoms with Gasteiger partial charge in [-0.1, -0.05) is 32.2 Å². The highest BCUT2D eigenvalue weighted by atomic mass is 16.3. The molecule has 1 aromatic carbocycles. The van der Waals surface area contributed by atoms with Gasteiger partial charge in [0.05, 0.1) is 0 Å². The van der Waals surface area contributed by atoms with Crippen molar-refractivity contribution in [2.45, 2.75) is 19.8 Å². The molecule has 16 heavy (non-hydrogen) atoms. The summed E-state index contributed by atoms with van der Waals surface area (Å²) in [7, 11) is 0. The Hall–Kier alpha value is -1.70. The lowest BCUT2D eigenvalue weighted by Crippen LogP contribution is -2.00. The first-order valence-corrected chi connectivity index (χ1v) is 5.53. The van der Waals surface area contributed by atoms with Crippen molar-refractivity contribution in [1.82, 2.24) is 0 Å². The Balaban J connectivity index is 2.52. The van der Waals surface area contributed by atoms with E-state index in [1.165, 1.54) is 0 Å². The highest BCUT2D eigenvalue weighted by Crippen LogP contribution is 2.32. The van der Waals surface area contributed by atoms with Crippen LogP contribution in [0.2, 0.25) is 0 Å². The maximum absolute atomic E-state index is 9.58. The maximum Gasteiger partial charge on any atom is 0.115 e. The molecule has 1 heterocycles. The molecule has 0 bridgehead atoms. The number of aliphatic hydroxyl groups is 1. The van der Waals surface area contributed by atoms with Gasteiger partial charge >= 0.3 is 0 Å². The van der Waals surface area contributed by atoms with E-state index < -0.39 is 0 Å². The van der Waals surface area contributed by atoms with E-state index in [1.807, 2.05) is 18.2 Å². The summed E-state index contributed by atoms with van der Waals surface area (Å²) in [6.07, 6.45) is 1.91. The summed E-state index contributed by atoms with van der Waals surface area (Å²) in [5, 5.41) is 12.9. The van der Waals surface area contributed by atoms with Gasteiger partial charge in [-0.15, -0.1) is 0 Å². The van der Waals surface area contributed by atoms with Crippen LogP contribution < -0.4 is 5.32 Å². The van der Waals surface area contributed by atoms with Gasteiger partial charge in [0.1, 0.15) is 5.76 Å². The highest BCUT2D eigenvalue weighted by Gasteiger charge is 2.18. The Kier molecular flexibility index (Phi) is 2.73. The van der Waals surface area contributed by atoms with E-state index in [0.717, 1.165) is 35.4 Å². The molecule has 0 aromatic heterocycles. The lowest BCUT2D eigenvalue weighted by molar-refractivity contribution is 0.511. The summed E-state index contributed by atoms with van der Waals surface area (Å²) in [5.41, 5.74) is 4.06. The molecule has 2 rings (SSSR count). The average molecular weight is 215 g/mol. The lowest BCUT2D eigenvalue weighted by Gasteiger charge is -2.13. The Morgan fingerprint density at radius 2 is 2.19 bits per heavy atom. The first-order valence-electron chi connectivity index (χ1n) is 5.53. The van der Waals surface area contributed by atoms with Gasteiger partial charge in [0, 0.05) is 16.9 Å². The van der Waals surface area contributed by atoms with Gasteiger partial charge in [0.25, 0.3) is 0 Å². The summed E-state index contributed by atoms with van der Waals surface area (Å²) in [4.78, 5) is 0. The zero-order chi connectivity index (χ0) is 11.7. The Morgan fingerprint density at radius 1 is 1.44 bits per heavy atom. The molecule has 1 aromatic rings. The number of allylic oxidation sites excluding steroid dienone is 1. The second-order valence-electron chi connectivity index (χ2n) is 4.52. The van der Waals surface area contributed by atoms with Crippen LogP contribution in [0.25, 0.3) is 5.76 Å². The highest BCUT2D eigenvalue weighted by molar-refractivity contribution is 5.69. The van der Waals surface area contributed by atoms with Crippen molar-refractivity contribution >= 4 is 11.4 Å². The fraction of sp³-hybridized carbons (Fsp3) is 0.286. The van der Waals surface area contributed by atoms with Crippen LogP contribution >= 0.6 is 0 Å². The van der Waals surface area contributed by atoms with Gasteiger partial charge in [-0.05, 0) is 30.4 Å². The number of hydrogen-bond donors (Lipinski definition) is 2. The number of benzene rings is 1. The molecule has 0 saturated heterocycles. The van der Waals surface area contributed by atoms with Crippen LogP contribution in [0.1, 0.15) is 24.5 Å². The molecule has 2 N–H and O–H groups in total. The molecule has 1 atom stereocenters. The van der Waals surface area contributed by atoms with Gasteiger partial charge in [0.15, 0.2) is 0 Å². The SMILES string of the molecule is C=C1CC(C)Cc2c(cccc2C(=C)O)N1. The van der Waals surface area contributed by atoms with Crippen LogP contribution in [-0.2, 0) is 6.42 Å². The normalized spacial score (nSPS) is 19.6. The number of aliphatic hydroxyl groups excluding tert-OH is 1. The van der Waals surface area contributed by atoms with Crippen LogP contribution in [0, 0.1) is 5.92 Å². The largest absolute Gasteiger partial charge is 0.508 e. The molecule has 1 aliphatic heterocycles. The summed E-state index contributed by atoms with van der Waals surface area (Å²) in [6, 6.07) is 5.85. The van der Waals surface area contributed by atoms with E-state index in [0.29, 0.717) is 5.92 Å². The van der Waals surface area contributed by atoms with Crippen LogP contribution in [-0.4, -0.2) is 5.11 Å². The molecule has 1 unspecified atom stereocenters. The van der Waals surface area contributed by atoms with Gasteiger partial charge in [0.2, 0.25) is 0 Å². The second kappa shape index (κ2) is 4.05. The topological polar surface area (TPSA) is 32.3 Å². The summed E-state index contributed by atoms with van der Waals surface area (Å²) in [5.74, 6) is 0.667. The molecule has 84 valence electrons. The predicted molar refractivity (Wildman–Crippen MR) is 68.4 cm³/mol. The van der Waals surface area contributed by atoms with Crippen molar-refractivity contribution in [3.8, 4) is 0 Å². The minimum atomic E-state index is 0.137. The van der Waals surface area contributed by atoms with E-state index >= 15 is 0 Å². The Labute approximate surface area is 96.3 Å². The van der Waals surface area contributed by atoms with Crippen LogP contribution in [0.3, 0.4) is 0 Å². The zero-order valence-corrected chi connectivity index (χ0v) is 9.59. The third-order valence-electron chi connectivity index (χ3n) is 2.95. The summed E-state index contributed by atoms with van der Waals surface area (Å²) < 4.78 is 0. The van der Waals surface area contributed by atoms with Gasteiger partial charge < -0.3 is 10.4 Å². The minimum absolute atomic E-state index is 0.137. The number of rotatable bonds is 1.